The van der Waals surface area contributed by atoms with E-state index in [0.717, 1.165) is 16.0 Å². The van der Waals surface area contributed by atoms with Crippen LogP contribution in [-0.2, 0) is 14.8 Å². The molecule has 0 unspecified atom stereocenters. The molecule has 0 saturated heterocycles. The third-order valence-electron chi connectivity index (χ3n) is 4.79. The van der Waals surface area contributed by atoms with Gasteiger partial charge in [0.15, 0.2) is 0 Å². The molecule has 2 heterocycles. The second kappa shape index (κ2) is 6.68. The highest BCUT2D eigenvalue weighted by Gasteiger charge is 2.36. The first-order valence-corrected chi connectivity index (χ1v) is 11.2. The molecular weight excluding hydrogens is 406 g/mol. The number of aromatic nitrogens is 1. The fourth-order valence-corrected chi connectivity index (χ4v) is 5.86. The van der Waals surface area contributed by atoms with Gasteiger partial charge in [-0.05, 0) is 29.7 Å². The number of hydrogen-bond acceptors (Lipinski definition) is 5. The monoisotopic (exact) mass is 421 g/mol. The van der Waals surface area contributed by atoms with Crippen LogP contribution in [0.1, 0.15) is 0 Å². The summed E-state index contributed by atoms with van der Waals surface area (Å²) in [4.78, 5) is 17.2. The normalized spacial score (nSPS) is 14.3. The highest BCUT2D eigenvalue weighted by molar-refractivity contribution is 7.93. The maximum atomic E-state index is 13.0. The maximum Gasteiger partial charge on any atom is 0.265 e. The second-order valence-corrected chi connectivity index (χ2v) is 9.33. The standard InChI is InChI=1S/C21H15N3O3S2/c25-19(23-16-7-1-6-15(12-16)21-22-10-11-28-21)13-24-17-8-2-4-14-5-3-9-18(20(14)17)29(24,26)27/h1-12H,13H2,(H,23,25). The van der Waals surface area contributed by atoms with Crippen molar-refractivity contribution < 1.29 is 13.2 Å². The molecule has 5 rings (SSSR count). The van der Waals surface area contributed by atoms with Gasteiger partial charge in [0.25, 0.3) is 10.0 Å². The first-order chi connectivity index (χ1) is 14.0. The molecule has 1 aromatic heterocycles. The molecular formula is C21H15N3O3S2. The van der Waals surface area contributed by atoms with Gasteiger partial charge in [-0.25, -0.2) is 13.4 Å². The van der Waals surface area contributed by atoms with Crippen LogP contribution in [0.25, 0.3) is 21.3 Å². The summed E-state index contributed by atoms with van der Waals surface area (Å²) in [5.74, 6) is -0.408. The topological polar surface area (TPSA) is 79.4 Å². The molecule has 0 atom stereocenters. The van der Waals surface area contributed by atoms with Crippen LogP contribution in [0.5, 0.6) is 0 Å². The molecule has 6 nitrogen and oxygen atoms in total. The zero-order valence-electron chi connectivity index (χ0n) is 15.1. The summed E-state index contributed by atoms with van der Waals surface area (Å²) in [6.07, 6.45) is 1.72. The lowest BCUT2D eigenvalue weighted by Crippen LogP contribution is -2.35. The average Bonchev–Trinajstić information content (AvgIpc) is 3.32. The fraction of sp³-hybridized carbons (Fsp3) is 0.0476. The van der Waals surface area contributed by atoms with E-state index >= 15 is 0 Å². The van der Waals surface area contributed by atoms with Crippen molar-refractivity contribution >= 4 is 49.4 Å². The predicted molar refractivity (Wildman–Crippen MR) is 115 cm³/mol. The highest BCUT2D eigenvalue weighted by Crippen LogP contribution is 2.41. The van der Waals surface area contributed by atoms with Crippen molar-refractivity contribution in [1.29, 1.82) is 0 Å². The van der Waals surface area contributed by atoms with E-state index < -0.39 is 15.9 Å². The number of benzene rings is 3. The Morgan fingerprint density at radius 2 is 1.86 bits per heavy atom. The molecule has 0 bridgehead atoms. The predicted octanol–water partition coefficient (Wildman–Crippen LogP) is 4.11. The molecule has 0 saturated carbocycles. The van der Waals surface area contributed by atoms with E-state index in [9.17, 15) is 13.2 Å². The van der Waals surface area contributed by atoms with Gasteiger partial charge < -0.3 is 5.32 Å². The van der Waals surface area contributed by atoms with Gasteiger partial charge in [0.1, 0.15) is 11.6 Å². The third kappa shape index (κ3) is 2.97. The van der Waals surface area contributed by atoms with Crippen molar-refractivity contribution in [3.05, 3.63) is 72.2 Å². The lowest BCUT2D eigenvalue weighted by molar-refractivity contribution is -0.114. The smallest absolute Gasteiger partial charge is 0.265 e. The Hall–Kier alpha value is -3.23. The Labute approximate surface area is 171 Å². The van der Waals surface area contributed by atoms with Crippen molar-refractivity contribution in [2.24, 2.45) is 0 Å². The Kier molecular flexibility index (Phi) is 4.11. The molecule has 8 heteroatoms. The molecule has 144 valence electrons. The average molecular weight is 422 g/mol. The van der Waals surface area contributed by atoms with Gasteiger partial charge in [-0.2, -0.15) is 0 Å². The van der Waals surface area contributed by atoms with Crippen molar-refractivity contribution in [1.82, 2.24) is 4.98 Å². The van der Waals surface area contributed by atoms with E-state index in [4.69, 9.17) is 0 Å². The van der Waals surface area contributed by atoms with Gasteiger partial charge in [-0.15, -0.1) is 11.3 Å². The van der Waals surface area contributed by atoms with Crippen LogP contribution in [0.2, 0.25) is 0 Å². The summed E-state index contributed by atoms with van der Waals surface area (Å²) in [7, 11) is -3.77. The minimum Gasteiger partial charge on any atom is -0.324 e. The van der Waals surface area contributed by atoms with E-state index in [2.05, 4.69) is 10.3 Å². The minimum absolute atomic E-state index is 0.240. The number of carbonyl (C=O) groups is 1. The van der Waals surface area contributed by atoms with Gasteiger partial charge in [0.05, 0.1) is 10.6 Å². The van der Waals surface area contributed by atoms with E-state index in [1.807, 2.05) is 35.7 Å². The lowest BCUT2D eigenvalue weighted by atomic mass is 10.1. The third-order valence-corrected chi connectivity index (χ3v) is 7.42. The quantitative estimate of drug-likeness (QED) is 0.538. The van der Waals surface area contributed by atoms with Crippen molar-refractivity contribution in [3.8, 4) is 10.6 Å². The van der Waals surface area contributed by atoms with Crippen molar-refractivity contribution in [2.45, 2.75) is 4.90 Å². The number of hydrogen-bond donors (Lipinski definition) is 1. The summed E-state index contributed by atoms with van der Waals surface area (Å²) in [6, 6.07) is 17.9. The molecule has 0 aliphatic carbocycles. The van der Waals surface area contributed by atoms with Gasteiger partial charge >= 0.3 is 0 Å². The number of sulfonamides is 1. The number of thiazole rings is 1. The van der Waals surface area contributed by atoms with Crippen molar-refractivity contribution in [3.63, 3.8) is 0 Å². The van der Waals surface area contributed by atoms with E-state index in [0.29, 0.717) is 16.8 Å². The zero-order valence-corrected chi connectivity index (χ0v) is 16.7. The number of rotatable bonds is 4. The molecule has 0 fully saturated rings. The van der Waals surface area contributed by atoms with Crippen LogP contribution in [0, 0.1) is 0 Å². The molecule has 3 aromatic carbocycles. The largest absolute Gasteiger partial charge is 0.324 e. The molecule has 29 heavy (non-hydrogen) atoms. The Morgan fingerprint density at radius 3 is 2.66 bits per heavy atom. The molecule has 0 radical (unpaired) electrons. The van der Waals surface area contributed by atoms with Crippen LogP contribution in [-0.4, -0.2) is 25.9 Å². The molecule has 1 aliphatic heterocycles. The molecule has 4 aromatic rings. The van der Waals surface area contributed by atoms with E-state index in [-0.39, 0.29) is 11.4 Å². The molecule has 1 amide bonds. The van der Waals surface area contributed by atoms with Gasteiger partial charge in [0, 0.05) is 28.2 Å². The SMILES string of the molecule is O=C(CN1c2cccc3cccc(c23)S1(=O)=O)Nc1cccc(-c2nccs2)c1. The van der Waals surface area contributed by atoms with Crippen molar-refractivity contribution in [2.75, 3.05) is 16.2 Å². The zero-order chi connectivity index (χ0) is 20.0. The number of nitrogens with one attached hydrogen (secondary N) is 1. The Morgan fingerprint density at radius 1 is 1.07 bits per heavy atom. The molecule has 1 aliphatic rings. The molecule has 0 spiro atoms. The number of anilines is 2. The Balaban J connectivity index is 1.42. The van der Waals surface area contributed by atoms with Crippen LogP contribution in [0.15, 0.2) is 77.1 Å². The minimum atomic E-state index is -3.77. The summed E-state index contributed by atoms with van der Waals surface area (Å²) in [5.41, 5.74) is 2.02. The second-order valence-electron chi connectivity index (χ2n) is 6.61. The summed E-state index contributed by atoms with van der Waals surface area (Å²) in [5, 5.41) is 7.03. The first kappa shape index (κ1) is 17.8. The van der Waals surface area contributed by atoms with E-state index in [1.165, 1.54) is 15.6 Å². The van der Waals surface area contributed by atoms with Gasteiger partial charge in [-0.3, -0.25) is 9.10 Å². The summed E-state index contributed by atoms with van der Waals surface area (Å²) >= 11 is 1.51. The Bertz CT molecular complexity index is 1340. The number of nitrogens with zero attached hydrogens (tertiary/aromatic N) is 2. The summed E-state index contributed by atoms with van der Waals surface area (Å²) < 4.78 is 27.2. The van der Waals surface area contributed by atoms with Crippen LogP contribution in [0.3, 0.4) is 0 Å². The fourth-order valence-electron chi connectivity index (χ4n) is 3.56. The van der Waals surface area contributed by atoms with E-state index in [1.54, 1.807) is 36.5 Å². The molecule has 1 N–H and O–H groups in total. The summed E-state index contributed by atoms with van der Waals surface area (Å²) in [6.45, 7) is -0.294. The highest BCUT2D eigenvalue weighted by atomic mass is 32.2. The van der Waals surface area contributed by atoms with Crippen LogP contribution < -0.4 is 9.62 Å². The number of amides is 1. The van der Waals surface area contributed by atoms with Gasteiger partial charge in [0.2, 0.25) is 5.91 Å². The first-order valence-electron chi connectivity index (χ1n) is 8.88. The van der Waals surface area contributed by atoms with Crippen LogP contribution >= 0.6 is 11.3 Å². The lowest BCUT2D eigenvalue weighted by Gasteiger charge is -2.18. The maximum absolute atomic E-state index is 13.0. The number of carbonyl (C=O) groups excluding carboxylic acids is 1. The van der Waals surface area contributed by atoms with Crippen LogP contribution in [0.4, 0.5) is 11.4 Å². The van der Waals surface area contributed by atoms with Gasteiger partial charge in [-0.1, -0.05) is 36.4 Å².